The molecule has 6 nitrogen and oxygen atoms in total. The number of sulfonamides is 1. The summed E-state index contributed by atoms with van der Waals surface area (Å²) in [4.78, 5) is 6.87. The van der Waals surface area contributed by atoms with Crippen molar-refractivity contribution in [3.63, 3.8) is 0 Å². The van der Waals surface area contributed by atoms with E-state index in [9.17, 15) is 8.42 Å². The van der Waals surface area contributed by atoms with Crippen molar-refractivity contribution < 1.29 is 8.42 Å². The Hall–Kier alpha value is -0.920. The third kappa shape index (κ3) is 4.30. The molecule has 0 saturated carbocycles. The van der Waals surface area contributed by atoms with E-state index < -0.39 is 10.0 Å². The third-order valence-electron chi connectivity index (χ3n) is 2.08. The lowest BCUT2D eigenvalue weighted by molar-refractivity contribution is 0.558. The molecular weight excluding hydrogens is 228 g/mol. The van der Waals surface area contributed by atoms with Gasteiger partial charge in [0.25, 0.3) is 0 Å². The van der Waals surface area contributed by atoms with Gasteiger partial charge in [0.2, 0.25) is 10.0 Å². The Morgan fingerprint density at radius 3 is 2.88 bits per heavy atom. The Morgan fingerprint density at radius 2 is 2.31 bits per heavy atom. The van der Waals surface area contributed by atoms with Crippen LogP contribution in [0.15, 0.2) is 12.4 Å². The molecular formula is C9H18N4O2S. The molecule has 1 aromatic heterocycles. The van der Waals surface area contributed by atoms with Crippen LogP contribution in [0.1, 0.15) is 25.7 Å². The van der Waals surface area contributed by atoms with Gasteiger partial charge in [0, 0.05) is 18.9 Å². The lowest BCUT2D eigenvalue weighted by atomic mass is 10.3. The summed E-state index contributed by atoms with van der Waals surface area (Å²) in [7, 11) is -3.25. The lowest BCUT2D eigenvalue weighted by Gasteiger charge is -2.12. The van der Waals surface area contributed by atoms with Crippen molar-refractivity contribution in [2.24, 2.45) is 0 Å². The smallest absolute Gasteiger partial charge is 0.213 e. The van der Waals surface area contributed by atoms with Crippen LogP contribution in [-0.4, -0.2) is 37.2 Å². The van der Waals surface area contributed by atoms with Gasteiger partial charge in [-0.1, -0.05) is 6.92 Å². The average molecular weight is 246 g/mol. The van der Waals surface area contributed by atoms with E-state index in [0.29, 0.717) is 12.4 Å². The van der Waals surface area contributed by atoms with Crippen LogP contribution < -0.4 is 10.0 Å². The first-order valence-corrected chi connectivity index (χ1v) is 6.90. The van der Waals surface area contributed by atoms with Gasteiger partial charge < -0.3 is 10.3 Å². The maximum atomic E-state index is 11.6. The molecule has 92 valence electrons. The van der Waals surface area contributed by atoms with Crippen LogP contribution in [0.3, 0.4) is 0 Å². The molecule has 0 aliphatic carbocycles. The Balaban J connectivity index is 2.46. The summed E-state index contributed by atoms with van der Waals surface area (Å²) in [6, 6.07) is -0.332. The van der Waals surface area contributed by atoms with Gasteiger partial charge in [0.05, 0.1) is 11.8 Å². The molecule has 16 heavy (non-hydrogen) atoms. The van der Waals surface area contributed by atoms with E-state index in [1.807, 2.05) is 6.92 Å². The molecule has 1 atom stereocenters. The molecule has 1 rings (SSSR count). The Labute approximate surface area is 95.9 Å². The first-order chi connectivity index (χ1) is 7.55. The van der Waals surface area contributed by atoms with Crippen molar-refractivity contribution in [1.29, 1.82) is 0 Å². The molecule has 0 aliphatic rings. The fraction of sp³-hybridized carbons (Fsp3) is 0.667. The number of nitrogens with zero attached hydrogens (tertiary/aromatic N) is 1. The van der Waals surface area contributed by atoms with Gasteiger partial charge in [-0.05, 0) is 13.5 Å². The number of hydrogen-bond acceptors (Lipinski definition) is 4. The second-order valence-corrected chi connectivity index (χ2v) is 5.36. The molecule has 0 aromatic carbocycles. The zero-order valence-corrected chi connectivity index (χ0v) is 10.3. The SMILES string of the molecule is CCNCCS(=O)(=O)NC(C)c1ncc[nH]1. The molecule has 1 unspecified atom stereocenters. The monoisotopic (exact) mass is 246 g/mol. The predicted octanol–water partition coefficient (Wildman–Crippen LogP) is -0.000400. The third-order valence-corrected chi connectivity index (χ3v) is 3.54. The van der Waals surface area contributed by atoms with Crippen molar-refractivity contribution in [3.05, 3.63) is 18.2 Å². The minimum absolute atomic E-state index is 0.0753. The summed E-state index contributed by atoms with van der Waals surface area (Å²) in [6.45, 7) is 4.91. The van der Waals surface area contributed by atoms with Gasteiger partial charge in [-0.15, -0.1) is 0 Å². The Bertz CT molecular complexity index is 388. The second-order valence-electron chi connectivity index (χ2n) is 3.49. The maximum absolute atomic E-state index is 11.6. The van der Waals surface area contributed by atoms with Crippen molar-refractivity contribution in [2.75, 3.05) is 18.8 Å². The van der Waals surface area contributed by atoms with Crippen molar-refractivity contribution in [2.45, 2.75) is 19.9 Å². The number of aromatic amines is 1. The second kappa shape index (κ2) is 5.97. The topological polar surface area (TPSA) is 86.9 Å². The van der Waals surface area contributed by atoms with Crippen LogP contribution in [0, 0.1) is 0 Å². The van der Waals surface area contributed by atoms with Gasteiger partial charge in [-0.2, -0.15) is 0 Å². The van der Waals surface area contributed by atoms with Gasteiger partial charge in [0.1, 0.15) is 5.82 Å². The zero-order chi connectivity index (χ0) is 12.0. The summed E-state index contributed by atoms with van der Waals surface area (Å²) in [5.41, 5.74) is 0. The van der Waals surface area contributed by atoms with E-state index >= 15 is 0 Å². The first-order valence-electron chi connectivity index (χ1n) is 5.25. The highest BCUT2D eigenvalue weighted by atomic mass is 32.2. The molecule has 3 N–H and O–H groups in total. The van der Waals surface area contributed by atoms with Gasteiger partial charge >= 0.3 is 0 Å². The van der Waals surface area contributed by atoms with Crippen LogP contribution >= 0.6 is 0 Å². The summed E-state index contributed by atoms with van der Waals surface area (Å²) in [5, 5.41) is 2.97. The van der Waals surface area contributed by atoms with Crippen LogP contribution in [0.5, 0.6) is 0 Å². The molecule has 7 heteroatoms. The summed E-state index contributed by atoms with van der Waals surface area (Å²) < 4.78 is 25.8. The molecule has 0 bridgehead atoms. The van der Waals surface area contributed by atoms with E-state index in [-0.39, 0.29) is 11.8 Å². The molecule has 0 aliphatic heterocycles. The van der Waals surface area contributed by atoms with E-state index in [2.05, 4.69) is 20.0 Å². The largest absolute Gasteiger partial charge is 0.347 e. The highest BCUT2D eigenvalue weighted by Gasteiger charge is 2.16. The van der Waals surface area contributed by atoms with E-state index in [1.54, 1.807) is 19.3 Å². The number of rotatable bonds is 7. The Morgan fingerprint density at radius 1 is 1.56 bits per heavy atom. The summed E-state index contributed by atoms with van der Waals surface area (Å²) in [6.07, 6.45) is 3.26. The first kappa shape index (κ1) is 13.1. The van der Waals surface area contributed by atoms with Crippen LogP contribution in [0.4, 0.5) is 0 Å². The fourth-order valence-corrected chi connectivity index (χ4v) is 2.46. The highest BCUT2D eigenvalue weighted by Crippen LogP contribution is 2.06. The maximum Gasteiger partial charge on any atom is 0.213 e. The summed E-state index contributed by atoms with van der Waals surface area (Å²) in [5.74, 6) is 0.693. The number of imidazole rings is 1. The van der Waals surface area contributed by atoms with Crippen molar-refractivity contribution in [3.8, 4) is 0 Å². The fourth-order valence-electron chi connectivity index (χ4n) is 1.28. The minimum Gasteiger partial charge on any atom is -0.347 e. The molecule has 1 aromatic rings. The predicted molar refractivity (Wildman–Crippen MR) is 62.5 cm³/mol. The van der Waals surface area contributed by atoms with E-state index in [0.717, 1.165) is 6.54 Å². The highest BCUT2D eigenvalue weighted by molar-refractivity contribution is 7.89. The minimum atomic E-state index is -3.25. The molecule has 0 radical (unpaired) electrons. The van der Waals surface area contributed by atoms with Gasteiger partial charge in [0.15, 0.2) is 0 Å². The molecule has 0 spiro atoms. The molecule has 0 amide bonds. The molecule has 0 saturated heterocycles. The van der Waals surface area contributed by atoms with E-state index in [4.69, 9.17) is 0 Å². The summed E-state index contributed by atoms with van der Waals surface area (Å²) >= 11 is 0. The number of hydrogen-bond donors (Lipinski definition) is 3. The van der Waals surface area contributed by atoms with E-state index in [1.165, 1.54) is 0 Å². The average Bonchev–Trinajstić information content (AvgIpc) is 2.69. The number of H-pyrrole nitrogens is 1. The van der Waals surface area contributed by atoms with Gasteiger partial charge in [-0.25, -0.2) is 18.1 Å². The zero-order valence-electron chi connectivity index (χ0n) is 9.53. The normalized spacial score (nSPS) is 13.9. The standard InChI is InChI=1S/C9H18N4O2S/c1-3-10-6-7-16(14,15)13-8(2)9-11-4-5-12-9/h4-5,8,10,13H,3,6-7H2,1-2H3,(H,11,12). The lowest BCUT2D eigenvalue weighted by Crippen LogP contribution is -2.33. The quantitative estimate of drug-likeness (QED) is 0.591. The van der Waals surface area contributed by atoms with Gasteiger partial charge in [-0.3, -0.25) is 0 Å². The van der Waals surface area contributed by atoms with Crippen LogP contribution in [-0.2, 0) is 10.0 Å². The van der Waals surface area contributed by atoms with Crippen molar-refractivity contribution >= 4 is 10.0 Å². The molecule has 0 fully saturated rings. The van der Waals surface area contributed by atoms with Crippen LogP contribution in [0.2, 0.25) is 0 Å². The number of nitrogens with one attached hydrogen (secondary N) is 3. The van der Waals surface area contributed by atoms with Crippen LogP contribution in [0.25, 0.3) is 0 Å². The molecule has 1 heterocycles. The Kier molecular flexibility index (Phi) is 4.91. The van der Waals surface area contributed by atoms with Crippen molar-refractivity contribution in [1.82, 2.24) is 20.0 Å². The number of aromatic nitrogens is 2.